The van der Waals surface area contributed by atoms with E-state index in [1.165, 1.54) is 42.6 Å². The van der Waals surface area contributed by atoms with Gasteiger partial charge in [0, 0.05) is 24.1 Å². The van der Waals surface area contributed by atoms with Gasteiger partial charge < -0.3 is 14.2 Å². The summed E-state index contributed by atoms with van der Waals surface area (Å²) in [5, 5.41) is 0. The van der Waals surface area contributed by atoms with E-state index >= 15 is 0 Å². The van der Waals surface area contributed by atoms with Gasteiger partial charge in [-0.05, 0) is 61.7 Å². The molecule has 4 nitrogen and oxygen atoms in total. The fourth-order valence-electron chi connectivity index (χ4n) is 4.86. The lowest BCUT2D eigenvalue weighted by Gasteiger charge is -2.33. The topological polar surface area (TPSA) is 30.9 Å². The van der Waals surface area contributed by atoms with Crippen LogP contribution in [0.3, 0.4) is 0 Å². The largest absolute Gasteiger partial charge is 0.497 e. The predicted octanol–water partition coefficient (Wildman–Crippen LogP) is 5.83. The molecule has 0 saturated carbocycles. The predicted molar refractivity (Wildman–Crippen MR) is 127 cm³/mol. The van der Waals surface area contributed by atoms with Gasteiger partial charge in [-0.25, -0.2) is 0 Å². The van der Waals surface area contributed by atoms with Gasteiger partial charge >= 0.3 is 0 Å². The van der Waals surface area contributed by atoms with E-state index in [1.807, 2.05) is 18.2 Å². The Morgan fingerprint density at radius 3 is 2.38 bits per heavy atom. The third-order valence-corrected chi connectivity index (χ3v) is 6.64. The normalized spacial score (nSPS) is 20.4. The molecule has 2 aliphatic heterocycles. The SMILES string of the molecule is COc1ccc2c(c1)O[C@H](c1ccccc1)C[C@@H]2c1ccc(OCCN2CCCC2)cc1. The van der Waals surface area contributed by atoms with Crippen LogP contribution in [0.1, 0.15) is 48.0 Å². The molecule has 0 aliphatic carbocycles. The van der Waals surface area contributed by atoms with Crippen molar-refractivity contribution < 1.29 is 14.2 Å². The quantitative estimate of drug-likeness (QED) is 0.473. The average Bonchev–Trinajstić information content (AvgIpc) is 3.37. The standard InChI is InChI=1S/C28H31NO3/c1-30-24-13-14-25-26(20-27(32-28(25)19-24)22-7-3-2-4-8-22)21-9-11-23(12-10-21)31-18-17-29-15-5-6-16-29/h2-4,7-14,19,26-27H,5-6,15-18,20H2,1H3/t26-,27+/m1/s1. The van der Waals surface area contributed by atoms with Crippen molar-refractivity contribution in [1.29, 1.82) is 0 Å². The minimum atomic E-state index is 0.0113. The Kier molecular flexibility index (Phi) is 6.31. The maximum absolute atomic E-state index is 6.43. The summed E-state index contributed by atoms with van der Waals surface area (Å²) in [6.07, 6.45) is 3.55. The Labute approximate surface area is 190 Å². The van der Waals surface area contributed by atoms with Crippen LogP contribution in [0, 0.1) is 0 Å². The van der Waals surface area contributed by atoms with Gasteiger partial charge in [-0.2, -0.15) is 0 Å². The molecule has 1 saturated heterocycles. The molecule has 0 spiro atoms. The van der Waals surface area contributed by atoms with E-state index in [1.54, 1.807) is 7.11 Å². The van der Waals surface area contributed by atoms with E-state index in [9.17, 15) is 0 Å². The number of ether oxygens (including phenoxy) is 3. The number of fused-ring (bicyclic) bond motifs is 1. The van der Waals surface area contributed by atoms with Gasteiger partial charge in [0.25, 0.3) is 0 Å². The molecule has 3 aromatic carbocycles. The van der Waals surface area contributed by atoms with Crippen LogP contribution in [0.5, 0.6) is 17.2 Å². The smallest absolute Gasteiger partial charge is 0.127 e. The molecule has 0 amide bonds. The van der Waals surface area contributed by atoms with Crippen LogP contribution in [0.25, 0.3) is 0 Å². The van der Waals surface area contributed by atoms with E-state index in [-0.39, 0.29) is 12.0 Å². The molecule has 3 aromatic rings. The van der Waals surface area contributed by atoms with Crippen LogP contribution in [0.4, 0.5) is 0 Å². The maximum Gasteiger partial charge on any atom is 0.127 e. The molecule has 4 heteroatoms. The van der Waals surface area contributed by atoms with Crippen LogP contribution in [0.15, 0.2) is 72.8 Å². The summed E-state index contributed by atoms with van der Waals surface area (Å²) in [6.45, 7) is 4.17. The Morgan fingerprint density at radius 2 is 1.62 bits per heavy atom. The summed E-state index contributed by atoms with van der Waals surface area (Å²) in [7, 11) is 1.69. The van der Waals surface area contributed by atoms with Crippen molar-refractivity contribution >= 4 is 0 Å². The molecule has 2 atom stereocenters. The summed E-state index contributed by atoms with van der Waals surface area (Å²) in [5.41, 5.74) is 3.70. The lowest BCUT2D eigenvalue weighted by molar-refractivity contribution is 0.167. The fraction of sp³-hybridized carbons (Fsp3) is 0.357. The first-order valence-electron chi connectivity index (χ1n) is 11.6. The van der Waals surface area contributed by atoms with Crippen molar-refractivity contribution in [2.45, 2.75) is 31.3 Å². The van der Waals surface area contributed by atoms with Gasteiger partial charge in [-0.3, -0.25) is 4.90 Å². The minimum absolute atomic E-state index is 0.0113. The minimum Gasteiger partial charge on any atom is -0.497 e. The number of rotatable bonds is 7. The molecule has 0 unspecified atom stereocenters. The fourth-order valence-corrected chi connectivity index (χ4v) is 4.86. The second-order valence-corrected chi connectivity index (χ2v) is 8.68. The molecular formula is C28H31NO3. The molecule has 0 N–H and O–H groups in total. The molecule has 0 aromatic heterocycles. The third kappa shape index (κ3) is 4.61. The Bertz CT molecular complexity index is 1010. The van der Waals surface area contributed by atoms with Crippen molar-refractivity contribution in [2.75, 3.05) is 33.4 Å². The van der Waals surface area contributed by atoms with Crippen LogP contribution in [0.2, 0.25) is 0 Å². The number of methoxy groups -OCH3 is 1. The molecule has 5 rings (SSSR count). The lowest BCUT2D eigenvalue weighted by Crippen LogP contribution is -2.25. The van der Waals surface area contributed by atoms with Gasteiger partial charge in [0.2, 0.25) is 0 Å². The average molecular weight is 430 g/mol. The van der Waals surface area contributed by atoms with Crippen LogP contribution in [-0.4, -0.2) is 38.3 Å². The zero-order chi connectivity index (χ0) is 21.8. The number of hydrogen-bond acceptors (Lipinski definition) is 4. The van der Waals surface area contributed by atoms with Crippen molar-refractivity contribution in [3.8, 4) is 17.2 Å². The molecular weight excluding hydrogens is 398 g/mol. The molecule has 2 heterocycles. The van der Waals surface area contributed by atoms with Gasteiger partial charge in [-0.15, -0.1) is 0 Å². The summed E-state index contributed by atoms with van der Waals surface area (Å²) in [4.78, 5) is 2.48. The Hall–Kier alpha value is -2.98. The zero-order valence-electron chi connectivity index (χ0n) is 18.7. The van der Waals surface area contributed by atoms with E-state index < -0.39 is 0 Å². The van der Waals surface area contributed by atoms with E-state index in [2.05, 4.69) is 59.5 Å². The summed E-state index contributed by atoms with van der Waals surface area (Å²) in [6, 6.07) is 25.3. The van der Waals surface area contributed by atoms with Gasteiger partial charge in [0.05, 0.1) is 7.11 Å². The Morgan fingerprint density at radius 1 is 0.875 bits per heavy atom. The van der Waals surface area contributed by atoms with Gasteiger partial charge in [0.15, 0.2) is 0 Å². The number of likely N-dealkylation sites (tertiary alicyclic amines) is 1. The molecule has 32 heavy (non-hydrogen) atoms. The Balaban J connectivity index is 1.35. The lowest BCUT2D eigenvalue weighted by atomic mass is 9.82. The van der Waals surface area contributed by atoms with Crippen molar-refractivity contribution in [3.05, 3.63) is 89.5 Å². The number of hydrogen-bond donors (Lipinski definition) is 0. The molecule has 166 valence electrons. The van der Waals surface area contributed by atoms with E-state index in [0.29, 0.717) is 0 Å². The number of benzene rings is 3. The second-order valence-electron chi connectivity index (χ2n) is 8.68. The van der Waals surface area contributed by atoms with Crippen molar-refractivity contribution in [1.82, 2.24) is 4.90 Å². The highest BCUT2D eigenvalue weighted by atomic mass is 16.5. The third-order valence-electron chi connectivity index (χ3n) is 6.64. The highest BCUT2D eigenvalue weighted by Crippen LogP contribution is 2.46. The second kappa shape index (κ2) is 9.66. The monoisotopic (exact) mass is 429 g/mol. The first kappa shape index (κ1) is 20.9. The van der Waals surface area contributed by atoms with Crippen LogP contribution < -0.4 is 14.2 Å². The van der Waals surface area contributed by atoms with Crippen molar-refractivity contribution in [2.24, 2.45) is 0 Å². The highest BCUT2D eigenvalue weighted by Gasteiger charge is 2.30. The summed E-state index contributed by atoms with van der Waals surface area (Å²) < 4.78 is 17.9. The van der Waals surface area contributed by atoms with Crippen LogP contribution >= 0.6 is 0 Å². The van der Waals surface area contributed by atoms with Gasteiger partial charge in [-0.1, -0.05) is 48.5 Å². The first-order valence-corrected chi connectivity index (χ1v) is 11.6. The molecule has 0 bridgehead atoms. The summed E-state index contributed by atoms with van der Waals surface area (Å²) >= 11 is 0. The molecule has 0 radical (unpaired) electrons. The van der Waals surface area contributed by atoms with E-state index in [4.69, 9.17) is 14.2 Å². The maximum atomic E-state index is 6.43. The molecule has 2 aliphatic rings. The van der Waals surface area contributed by atoms with E-state index in [0.717, 1.165) is 36.8 Å². The highest BCUT2D eigenvalue weighted by molar-refractivity contribution is 5.49. The number of nitrogens with zero attached hydrogens (tertiary/aromatic N) is 1. The molecule has 1 fully saturated rings. The van der Waals surface area contributed by atoms with Gasteiger partial charge in [0.1, 0.15) is 30.0 Å². The summed E-state index contributed by atoms with van der Waals surface area (Å²) in [5.74, 6) is 2.92. The first-order chi connectivity index (χ1) is 15.8. The zero-order valence-corrected chi connectivity index (χ0v) is 18.7. The van der Waals surface area contributed by atoms with Crippen molar-refractivity contribution in [3.63, 3.8) is 0 Å². The van der Waals surface area contributed by atoms with Crippen LogP contribution in [-0.2, 0) is 0 Å².